The minimum absolute atomic E-state index is 0.221. The van der Waals surface area contributed by atoms with Crippen molar-refractivity contribution in [1.82, 2.24) is 19.7 Å². The summed E-state index contributed by atoms with van der Waals surface area (Å²) in [5.74, 6) is -0.0553. The van der Waals surface area contributed by atoms with Crippen molar-refractivity contribution in [1.29, 1.82) is 0 Å². The van der Waals surface area contributed by atoms with Crippen molar-refractivity contribution in [2.24, 2.45) is 7.05 Å². The smallest absolute Gasteiger partial charge is 0.277 e. The largest absolute Gasteiger partial charge is 0.304 e. The van der Waals surface area contributed by atoms with E-state index in [0.29, 0.717) is 11.5 Å². The molecular weight excluding hydrogens is 230 g/mol. The summed E-state index contributed by atoms with van der Waals surface area (Å²) in [6, 6.07) is 1.60. The summed E-state index contributed by atoms with van der Waals surface area (Å²) in [4.78, 5) is 19.3. The number of carbonyl (C=O) groups excluding carboxylic acids is 1. The molecule has 82 valence electrons. The lowest BCUT2D eigenvalue weighted by Gasteiger charge is -2.01. The summed E-state index contributed by atoms with van der Waals surface area (Å²) in [6.45, 7) is 0. The molecule has 0 saturated carbocycles. The fourth-order valence-electron chi connectivity index (χ4n) is 1.12. The van der Waals surface area contributed by atoms with Gasteiger partial charge in [0.05, 0.1) is 12.4 Å². The standard InChI is InChI=1S/C9H8ClN5O/c1-15-3-2-6(14-15)9(16)13-8-5-11-4-7(10)12-8/h2-5H,1H3,(H,12,13,16). The Balaban J connectivity index is 2.13. The lowest BCUT2D eigenvalue weighted by Crippen LogP contribution is -2.14. The van der Waals surface area contributed by atoms with Gasteiger partial charge in [0, 0.05) is 13.2 Å². The van der Waals surface area contributed by atoms with E-state index in [2.05, 4.69) is 20.4 Å². The number of amides is 1. The normalized spacial score (nSPS) is 10.1. The average molecular weight is 238 g/mol. The van der Waals surface area contributed by atoms with E-state index < -0.39 is 0 Å². The third-order valence-electron chi connectivity index (χ3n) is 1.79. The van der Waals surface area contributed by atoms with Crippen LogP contribution in [0, 0.1) is 0 Å². The molecule has 2 aromatic rings. The fraction of sp³-hybridized carbons (Fsp3) is 0.111. The van der Waals surface area contributed by atoms with Gasteiger partial charge in [0.1, 0.15) is 5.15 Å². The van der Waals surface area contributed by atoms with Crippen LogP contribution < -0.4 is 5.32 Å². The predicted octanol–water partition coefficient (Wildman–Crippen LogP) is 1.12. The van der Waals surface area contributed by atoms with Crippen LogP contribution in [0.1, 0.15) is 10.5 Å². The zero-order valence-corrected chi connectivity index (χ0v) is 9.14. The maximum Gasteiger partial charge on any atom is 0.277 e. The number of nitrogens with one attached hydrogen (secondary N) is 1. The first-order valence-corrected chi connectivity index (χ1v) is 4.81. The maximum absolute atomic E-state index is 11.6. The van der Waals surface area contributed by atoms with E-state index in [1.807, 2.05) is 0 Å². The molecule has 1 N–H and O–H groups in total. The van der Waals surface area contributed by atoms with Crippen molar-refractivity contribution in [3.63, 3.8) is 0 Å². The molecule has 0 spiro atoms. The zero-order valence-electron chi connectivity index (χ0n) is 8.38. The second kappa shape index (κ2) is 4.28. The number of hydrogen-bond acceptors (Lipinski definition) is 4. The highest BCUT2D eigenvalue weighted by atomic mass is 35.5. The van der Waals surface area contributed by atoms with Gasteiger partial charge in [0.15, 0.2) is 11.5 Å². The molecule has 0 aromatic carbocycles. The molecule has 0 aliphatic carbocycles. The second-order valence-electron chi connectivity index (χ2n) is 3.06. The number of aryl methyl sites for hydroxylation is 1. The number of anilines is 1. The highest BCUT2D eigenvalue weighted by molar-refractivity contribution is 6.29. The minimum Gasteiger partial charge on any atom is -0.304 e. The van der Waals surface area contributed by atoms with Gasteiger partial charge in [-0.2, -0.15) is 5.10 Å². The zero-order chi connectivity index (χ0) is 11.5. The van der Waals surface area contributed by atoms with Crippen LogP contribution in [0.15, 0.2) is 24.7 Å². The molecule has 0 fully saturated rings. The van der Waals surface area contributed by atoms with Crippen molar-refractivity contribution in [2.45, 2.75) is 0 Å². The van der Waals surface area contributed by atoms with Crippen LogP contribution >= 0.6 is 11.6 Å². The molecule has 0 aliphatic rings. The molecule has 16 heavy (non-hydrogen) atoms. The monoisotopic (exact) mass is 237 g/mol. The summed E-state index contributed by atoms with van der Waals surface area (Å²) in [7, 11) is 1.73. The summed E-state index contributed by atoms with van der Waals surface area (Å²) < 4.78 is 1.54. The first-order chi connectivity index (χ1) is 7.65. The molecule has 1 amide bonds. The first kappa shape index (κ1) is 10.6. The van der Waals surface area contributed by atoms with Gasteiger partial charge in [-0.3, -0.25) is 14.5 Å². The second-order valence-corrected chi connectivity index (χ2v) is 3.44. The van der Waals surface area contributed by atoms with Gasteiger partial charge in [-0.05, 0) is 6.07 Å². The van der Waals surface area contributed by atoms with E-state index >= 15 is 0 Å². The van der Waals surface area contributed by atoms with Gasteiger partial charge in [-0.15, -0.1) is 0 Å². The first-order valence-electron chi connectivity index (χ1n) is 4.44. The highest BCUT2D eigenvalue weighted by Gasteiger charge is 2.09. The van der Waals surface area contributed by atoms with Crippen LogP contribution in [0.5, 0.6) is 0 Å². The number of aromatic nitrogens is 4. The third kappa shape index (κ3) is 2.34. The van der Waals surface area contributed by atoms with Crippen LogP contribution in [0.25, 0.3) is 0 Å². The van der Waals surface area contributed by atoms with Gasteiger partial charge < -0.3 is 5.32 Å². The number of carbonyl (C=O) groups is 1. The van der Waals surface area contributed by atoms with Crippen LogP contribution in [0.2, 0.25) is 5.15 Å². The van der Waals surface area contributed by atoms with E-state index in [1.54, 1.807) is 24.0 Å². The summed E-state index contributed by atoms with van der Waals surface area (Å²) in [5, 5.41) is 6.71. The van der Waals surface area contributed by atoms with Crippen LogP contribution in [-0.4, -0.2) is 25.7 Å². The molecule has 7 heteroatoms. The Bertz CT molecular complexity index is 524. The van der Waals surface area contributed by atoms with Gasteiger partial charge in [-0.25, -0.2) is 4.98 Å². The Morgan fingerprint density at radius 1 is 1.50 bits per heavy atom. The molecule has 2 aromatic heterocycles. The number of halogens is 1. The van der Waals surface area contributed by atoms with Crippen molar-refractivity contribution in [3.05, 3.63) is 35.5 Å². The van der Waals surface area contributed by atoms with E-state index in [9.17, 15) is 4.79 Å². The number of rotatable bonds is 2. The van der Waals surface area contributed by atoms with Crippen LogP contribution in [0.3, 0.4) is 0 Å². The van der Waals surface area contributed by atoms with E-state index in [0.717, 1.165) is 0 Å². The lowest BCUT2D eigenvalue weighted by molar-refractivity contribution is 0.102. The Hall–Kier alpha value is -1.95. The van der Waals surface area contributed by atoms with Crippen molar-refractivity contribution >= 4 is 23.3 Å². The maximum atomic E-state index is 11.6. The highest BCUT2D eigenvalue weighted by Crippen LogP contribution is 2.07. The molecule has 0 radical (unpaired) electrons. The molecule has 0 atom stereocenters. The van der Waals surface area contributed by atoms with Gasteiger partial charge >= 0.3 is 0 Å². The van der Waals surface area contributed by atoms with Crippen LogP contribution in [-0.2, 0) is 7.05 Å². The SMILES string of the molecule is Cn1ccc(C(=O)Nc2cncc(Cl)n2)n1. The minimum atomic E-state index is -0.350. The van der Waals surface area contributed by atoms with Gasteiger partial charge in [0.25, 0.3) is 5.91 Å². The van der Waals surface area contributed by atoms with Crippen molar-refractivity contribution in [2.75, 3.05) is 5.32 Å². The van der Waals surface area contributed by atoms with E-state index in [1.165, 1.54) is 12.4 Å². The molecule has 6 nitrogen and oxygen atoms in total. The molecule has 0 bridgehead atoms. The Morgan fingerprint density at radius 2 is 2.31 bits per heavy atom. The number of nitrogens with zero attached hydrogens (tertiary/aromatic N) is 4. The van der Waals surface area contributed by atoms with E-state index in [-0.39, 0.29) is 11.1 Å². The molecule has 0 unspecified atom stereocenters. The molecule has 2 heterocycles. The molecule has 0 aliphatic heterocycles. The summed E-state index contributed by atoms with van der Waals surface area (Å²) in [6.07, 6.45) is 4.48. The van der Waals surface area contributed by atoms with Crippen LogP contribution in [0.4, 0.5) is 5.82 Å². The number of hydrogen-bond donors (Lipinski definition) is 1. The quantitative estimate of drug-likeness (QED) is 0.849. The van der Waals surface area contributed by atoms with Crippen molar-refractivity contribution < 1.29 is 4.79 Å². The molecular formula is C9H8ClN5O. The Morgan fingerprint density at radius 3 is 2.94 bits per heavy atom. The summed E-state index contributed by atoms with van der Waals surface area (Å²) in [5.41, 5.74) is 0.310. The fourth-order valence-corrected chi connectivity index (χ4v) is 1.27. The van der Waals surface area contributed by atoms with Gasteiger partial charge in [-0.1, -0.05) is 11.6 Å². The average Bonchev–Trinajstić information content (AvgIpc) is 2.65. The van der Waals surface area contributed by atoms with E-state index in [4.69, 9.17) is 11.6 Å². The topological polar surface area (TPSA) is 72.7 Å². The summed E-state index contributed by atoms with van der Waals surface area (Å²) >= 11 is 5.63. The molecule has 2 rings (SSSR count). The Kier molecular flexibility index (Phi) is 2.82. The molecule has 0 saturated heterocycles. The lowest BCUT2D eigenvalue weighted by atomic mass is 10.4. The van der Waals surface area contributed by atoms with Crippen molar-refractivity contribution in [3.8, 4) is 0 Å². The Labute approximate surface area is 96.3 Å². The third-order valence-corrected chi connectivity index (χ3v) is 1.98. The van der Waals surface area contributed by atoms with Gasteiger partial charge in [0.2, 0.25) is 0 Å². The predicted molar refractivity (Wildman–Crippen MR) is 58.2 cm³/mol.